The third kappa shape index (κ3) is 1.53. The summed E-state index contributed by atoms with van der Waals surface area (Å²) in [7, 11) is 0. The van der Waals surface area contributed by atoms with E-state index in [4.69, 9.17) is 0 Å². The molecule has 12 heavy (non-hydrogen) atoms. The molecule has 0 atom stereocenters. The number of phenolic OH excluding ortho intramolecular Hbond substituents is 1. The maximum absolute atomic E-state index is 9.37. The molecule has 0 aliphatic heterocycles. The van der Waals surface area contributed by atoms with Gasteiger partial charge in [-0.3, -0.25) is 0 Å². The van der Waals surface area contributed by atoms with Gasteiger partial charge in [0.25, 0.3) is 0 Å². The predicted molar refractivity (Wildman–Crippen MR) is 61.0 cm³/mol. The van der Waals surface area contributed by atoms with Crippen molar-refractivity contribution in [1.29, 1.82) is 0 Å². The van der Waals surface area contributed by atoms with Gasteiger partial charge in [0.2, 0.25) is 0 Å². The van der Waals surface area contributed by atoms with Crippen LogP contribution in [0.25, 0.3) is 10.8 Å². The van der Waals surface area contributed by atoms with Gasteiger partial charge in [-0.15, -0.1) is 24.0 Å². The summed E-state index contributed by atoms with van der Waals surface area (Å²) < 4.78 is 0. The van der Waals surface area contributed by atoms with Gasteiger partial charge < -0.3 is 5.11 Å². The third-order valence-corrected chi connectivity index (χ3v) is 1.77. The summed E-state index contributed by atoms with van der Waals surface area (Å²) in [4.78, 5) is 0. The van der Waals surface area contributed by atoms with Crippen LogP contribution in [-0.4, -0.2) is 5.11 Å². The summed E-state index contributed by atoms with van der Waals surface area (Å²) in [6, 6.07) is 13.3. The van der Waals surface area contributed by atoms with Crippen LogP contribution in [-0.2, 0) is 0 Å². The highest BCUT2D eigenvalue weighted by atomic mass is 127. The molecule has 1 nitrogen and oxygen atoms in total. The highest BCUT2D eigenvalue weighted by Crippen LogP contribution is 2.22. The summed E-state index contributed by atoms with van der Waals surface area (Å²) in [5.74, 6) is 0.350. The van der Waals surface area contributed by atoms with Crippen molar-refractivity contribution in [1.82, 2.24) is 0 Å². The molecule has 62 valence electrons. The first-order valence-electron chi connectivity index (χ1n) is 3.54. The third-order valence-electron chi connectivity index (χ3n) is 1.77. The molecule has 0 bridgehead atoms. The second-order valence-corrected chi connectivity index (χ2v) is 2.50. The first kappa shape index (κ1) is 9.32. The van der Waals surface area contributed by atoms with E-state index in [-0.39, 0.29) is 24.0 Å². The Balaban J connectivity index is 0.000000720. The maximum atomic E-state index is 9.37. The maximum Gasteiger partial charge on any atom is 0.123 e. The van der Waals surface area contributed by atoms with Gasteiger partial charge in [-0.05, 0) is 11.5 Å². The Hall–Kier alpha value is -0.770. The van der Waals surface area contributed by atoms with E-state index in [0.29, 0.717) is 5.75 Å². The van der Waals surface area contributed by atoms with Crippen molar-refractivity contribution in [3.8, 4) is 5.75 Å². The normalized spacial score (nSPS) is 9.33. The molecule has 0 aliphatic rings. The van der Waals surface area contributed by atoms with E-state index in [1.165, 1.54) is 0 Å². The molecule has 0 spiro atoms. The number of halogens is 1. The van der Waals surface area contributed by atoms with Gasteiger partial charge in [-0.25, -0.2) is 0 Å². The number of rotatable bonds is 0. The van der Waals surface area contributed by atoms with Gasteiger partial charge in [-0.1, -0.05) is 36.4 Å². The highest BCUT2D eigenvalue weighted by molar-refractivity contribution is 14.0. The van der Waals surface area contributed by atoms with Crippen molar-refractivity contribution in [2.45, 2.75) is 0 Å². The minimum atomic E-state index is 0. The van der Waals surface area contributed by atoms with Crippen molar-refractivity contribution < 1.29 is 5.11 Å². The molecule has 0 heterocycles. The second-order valence-electron chi connectivity index (χ2n) is 2.50. The molecule has 0 fully saturated rings. The van der Waals surface area contributed by atoms with Gasteiger partial charge in [0.1, 0.15) is 5.75 Å². The van der Waals surface area contributed by atoms with Crippen molar-refractivity contribution in [2.75, 3.05) is 0 Å². The van der Waals surface area contributed by atoms with Crippen LogP contribution in [0, 0.1) is 0 Å². The summed E-state index contributed by atoms with van der Waals surface area (Å²) in [6.45, 7) is 0. The SMILES string of the molecule is I.Oc1cccc2ccccc12. The van der Waals surface area contributed by atoms with E-state index in [2.05, 4.69) is 0 Å². The van der Waals surface area contributed by atoms with Crippen molar-refractivity contribution >= 4 is 34.7 Å². The Morgan fingerprint density at radius 2 is 1.50 bits per heavy atom. The van der Waals surface area contributed by atoms with Crippen molar-refractivity contribution in [2.24, 2.45) is 0 Å². The van der Waals surface area contributed by atoms with Gasteiger partial charge in [0, 0.05) is 5.39 Å². The summed E-state index contributed by atoms with van der Waals surface area (Å²) in [5, 5.41) is 11.4. The lowest BCUT2D eigenvalue weighted by Gasteiger charge is -1.97. The molecule has 0 saturated carbocycles. The smallest absolute Gasteiger partial charge is 0.123 e. The zero-order valence-corrected chi connectivity index (χ0v) is 8.73. The van der Waals surface area contributed by atoms with Gasteiger partial charge in [-0.2, -0.15) is 0 Å². The van der Waals surface area contributed by atoms with Crippen LogP contribution >= 0.6 is 24.0 Å². The molecule has 0 unspecified atom stereocenters. The van der Waals surface area contributed by atoms with Gasteiger partial charge >= 0.3 is 0 Å². The Morgan fingerprint density at radius 3 is 2.25 bits per heavy atom. The molecule has 0 amide bonds. The fraction of sp³-hybridized carbons (Fsp3) is 0. The summed E-state index contributed by atoms with van der Waals surface area (Å²) in [6.07, 6.45) is 0. The Labute approximate surface area is 88.1 Å². The topological polar surface area (TPSA) is 20.2 Å². The molecule has 2 heteroatoms. The zero-order valence-electron chi connectivity index (χ0n) is 6.40. The van der Waals surface area contributed by atoms with Crippen LogP contribution in [0.15, 0.2) is 42.5 Å². The second kappa shape index (κ2) is 3.76. The molecule has 2 aromatic carbocycles. The number of phenols is 1. The number of aromatic hydroxyl groups is 1. The fourth-order valence-electron chi connectivity index (χ4n) is 1.21. The molecule has 0 aliphatic carbocycles. The predicted octanol–water partition coefficient (Wildman–Crippen LogP) is 3.16. The quantitative estimate of drug-likeness (QED) is 0.730. The lowest BCUT2D eigenvalue weighted by atomic mass is 10.1. The first-order chi connectivity index (χ1) is 5.38. The van der Waals surface area contributed by atoms with Crippen LogP contribution in [0.1, 0.15) is 0 Å². The van der Waals surface area contributed by atoms with Crippen LogP contribution in [0.3, 0.4) is 0 Å². The molecule has 1 N–H and O–H groups in total. The molecule has 2 rings (SSSR count). The Bertz CT molecular complexity index is 379. The highest BCUT2D eigenvalue weighted by Gasteiger charge is 1.94. The van der Waals surface area contributed by atoms with Crippen LogP contribution in [0.4, 0.5) is 0 Å². The standard InChI is InChI=1S/C10H8O.HI/c11-10-7-3-5-8-4-1-2-6-9(8)10;/h1-7,11H;1H. The zero-order chi connectivity index (χ0) is 7.68. The van der Waals surface area contributed by atoms with Crippen molar-refractivity contribution in [3.63, 3.8) is 0 Å². The van der Waals surface area contributed by atoms with E-state index in [1.54, 1.807) is 6.07 Å². The minimum Gasteiger partial charge on any atom is -0.507 e. The lowest BCUT2D eigenvalue weighted by Crippen LogP contribution is -1.70. The monoisotopic (exact) mass is 272 g/mol. The molecule has 0 saturated heterocycles. The van der Waals surface area contributed by atoms with Crippen LogP contribution in [0.2, 0.25) is 0 Å². The summed E-state index contributed by atoms with van der Waals surface area (Å²) in [5.41, 5.74) is 0. The Kier molecular flexibility index (Phi) is 2.92. The average Bonchev–Trinajstić information content (AvgIpc) is 2.06. The minimum absolute atomic E-state index is 0. The van der Waals surface area contributed by atoms with Gasteiger partial charge in [0.15, 0.2) is 0 Å². The number of hydrogen-bond acceptors (Lipinski definition) is 1. The van der Waals surface area contributed by atoms with Crippen LogP contribution in [0.5, 0.6) is 5.75 Å². The number of benzene rings is 2. The number of fused-ring (bicyclic) bond motifs is 1. The van der Waals surface area contributed by atoms with E-state index >= 15 is 0 Å². The van der Waals surface area contributed by atoms with Crippen molar-refractivity contribution in [3.05, 3.63) is 42.5 Å². The molecular weight excluding hydrogens is 263 g/mol. The largest absolute Gasteiger partial charge is 0.507 e. The van der Waals surface area contributed by atoms with E-state index in [0.717, 1.165) is 10.8 Å². The molecular formula is C10H9IO. The first-order valence-corrected chi connectivity index (χ1v) is 3.54. The molecule has 2 aromatic rings. The van der Waals surface area contributed by atoms with E-state index in [1.807, 2.05) is 36.4 Å². The lowest BCUT2D eigenvalue weighted by molar-refractivity contribution is 0.481. The van der Waals surface area contributed by atoms with Gasteiger partial charge in [0.05, 0.1) is 0 Å². The molecule has 0 aromatic heterocycles. The average molecular weight is 272 g/mol. The number of hydrogen-bond donors (Lipinski definition) is 1. The van der Waals surface area contributed by atoms with Crippen LogP contribution < -0.4 is 0 Å². The fourth-order valence-corrected chi connectivity index (χ4v) is 1.21. The Morgan fingerprint density at radius 1 is 0.833 bits per heavy atom. The van der Waals surface area contributed by atoms with E-state index in [9.17, 15) is 5.11 Å². The summed E-state index contributed by atoms with van der Waals surface area (Å²) >= 11 is 0. The molecule has 0 radical (unpaired) electrons. The van der Waals surface area contributed by atoms with E-state index < -0.39 is 0 Å².